The van der Waals surface area contributed by atoms with Gasteiger partial charge in [-0.05, 0) is 36.1 Å². The predicted molar refractivity (Wildman–Crippen MR) is 92.0 cm³/mol. The minimum Gasteiger partial charge on any atom is -0.376 e. The van der Waals surface area contributed by atoms with Crippen LogP contribution in [0, 0.1) is 0 Å². The van der Waals surface area contributed by atoms with Gasteiger partial charge in [0.2, 0.25) is 0 Å². The predicted octanol–water partition coefficient (Wildman–Crippen LogP) is 4.68. The van der Waals surface area contributed by atoms with Gasteiger partial charge in [-0.3, -0.25) is 0 Å². The summed E-state index contributed by atoms with van der Waals surface area (Å²) >= 11 is 6.27. The average molecular weight is 321 g/mol. The molecule has 0 saturated heterocycles. The Balaban J connectivity index is 0.00000132. The number of benzene rings is 2. The van der Waals surface area contributed by atoms with Crippen molar-refractivity contribution < 1.29 is 0 Å². The molecule has 2 aliphatic heterocycles. The van der Waals surface area contributed by atoms with E-state index in [-0.39, 0.29) is 12.4 Å². The number of nitrogens with one attached hydrogen (secondary N) is 1. The minimum absolute atomic E-state index is 0. The van der Waals surface area contributed by atoms with Gasteiger partial charge in [-0.2, -0.15) is 0 Å². The Morgan fingerprint density at radius 1 is 1.10 bits per heavy atom. The van der Waals surface area contributed by atoms with Crippen molar-refractivity contribution in [2.75, 3.05) is 23.3 Å². The highest BCUT2D eigenvalue weighted by Gasteiger charge is 2.28. The monoisotopic (exact) mass is 320 g/mol. The van der Waals surface area contributed by atoms with Crippen molar-refractivity contribution in [3.8, 4) is 0 Å². The molecule has 4 heteroatoms. The molecule has 2 aromatic rings. The lowest BCUT2D eigenvalue weighted by molar-refractivity contribution is 0.682. The molecule has 2 aromatic carbocycles. The Morgan fingerprint density at radius 2 is 1.90 bits per heavy atom. The van der Waals surface area contributed by atoms with Crippen LogP contribution in [0.3, 0.4) is 0 Å². The molecule has 4 rings (SSSR count). The van der Waals surface area contributed by atoms with Crippen molar-refractivity contribution in [1.29, 1.82) is 0 Å². The molecule has 110 valence electrons. The fraction of sp³-hybridized carbons (Fsp3) is 0.294. The molecular weight excluding hydrogens is 303 g/mol. The van der Waals surface area contributed by atoms with Crippen LogP contribution in [0.25, 0.3) is 0 Å². The van der Waals surface area contributed by atoms with Gasteiger partial charge >= 0.3 is 0 Å². The molecule has 0 saturated carbocycles. The molecule has 2 nitrogen and oxygen atoms in total. The van der Waals surface area contributed by atoms with Gasteiger partial charge in [0, 0.05) is 18.1 Å². The lowest BCUT2D eigenvalue weighted by Gasteiger charge is -2.18. The van der Waals surface area contributed by atoms with Crippen molar-refractivity contribution in [3.05, 3.63) is 58.6 Å². The maximum atomic E-state index is 6.27. The van der Waals surface area contributed by atoms with E-state index < -0.39 is 0 Å². The average Bonchev–Trinajstić information content (AvgIpc) is 2.77. The van der Waals surface area contributed by atoms with E-state index in [4.69, 9.17) is 11.6 Å². The number of hydrogen-bond acceptors (Lipinski definition) is 2. The molecule has 0 aliphatic carbocycles. The zero-order valence-corrected chi connectivity index (χ0v) is 13.3. The highest BCUT2D eigenvalue weighted by Crippen LogP contribution is 2.42. The first kappa shape index (κ1) is 14.6. The highest BCUT2D eigenvalue weighted by atomic mass is 35.5. The van der Waals surface area contributed by atoms with E-state index in [1.54, 1.807) is 0 Å². The highest BCUT2D eigenvalue weighted by molar-refractivity contribution is 6.31. The molecule has 1 atom stereocenters. The molecule has 21 heavy (non-hydrogen) atoms. The third kappa shape index (κ3) is 2.58. The van der Waals surface area contributed by atoms with E-state index in [1.807, 2.05) is 0 Å². The van der Waals surface area contributed by atoms with Gasteiger partial charge in [0.15, 0.2) is 0 Å². The first-order valence-electron chi connectivity index (χ1n) is 7.20. The molecule has 0 aromatic heterocycles. The van der Waals surface area contributed by atoms with Gasteiger partial charge in [-0.25, -0.2) is 0 Å². The molecule has 1 unspecified atom stereocenters. The fourth-order valence-electron chi connectivity index (χ4n) is 3.40. The zero-order valence-electron chi connectivity index (χ0n) is 11.7. The molecular formula is C17H18Cl2N2. The van der Waals surface area contributed by atoms with Crippen LogP contribution < -0.4 is 10.2 Å². The zero-order chi connectivity index (χ0) is 13.5. The summed E-state index contributed by atoms with van der Waals surface area (Å²) in [5.41, 5.74) is 5.29. The third-order valence-electron chi connectivity index (χ3n) is 4.34. The summed E-state index contributed by atoms with van der Waals surface area (Å²) in [4.78, 5) is 2.50. The lowest BCUT2D eigenvalue weighted by atomic mass is 10.0. The summed E-state index contributed by atoms with van der Waals surface area (Å²) in [5, 5.41) is 4.54. The van der Waals surface area contributed by atoms with E-state index in [9.17, 15) is 0 Å². The van der Waals surface area contributed by atoms with Crippen LogP contribution >= 0.6 is 24.0 Å². The number of rotatable bonds is 1. The molecule has 2 heterocycles. The molecule has 0 spiro atoms. The molecule has 2 aliphatic rings. The second-order valence-electron chi connectivity index (χ2n) is 5.59. The number of anilines is 2. The smallest absolute Gasteiger partial charge is 0.0636 e. The summed E-state index contributed by atoms with van der Waals surface area (Å²) in [6, 6.07) is 15.2. The van der Waals surface area contributed by atoms with Crippen LogP contribution in [0.15, 0.2) is 42.5 Å². The number of hydrogen-bond donors (Lipinski definition) is 1. The van der Waals surface area contributed by atoms with Crippen molar-refractivity contribution in [1.82, 2.24) is 0 Å². The van der Waals surface area contributed by atoms with Gasteiger partial charge in [-0.1, -0.05) is 41.9 Å². The second-order valence-corrected chi connectivity index (χ2v) is 6.03. The van der Waals surface area contributed by atoms with E-state index in [0.717, 1.165) is 31.0 Å². The Hall–Kier alpha value is -1.38. The van der Waals surface area contributed by atoms with Crippen molar-refractivity contribution in [3.63, 3.8) is 0 Å². The Bertz CT molecular complexity index is 643. The molecule has 0 amide bonds. The normalized spacial score (nSPS) is 19.3. The summed E-state index contributed by atoms with van der Waals surface area (Å²) in [6.45, 7) is 2.22. The largest absolute Gasteiger partial charge is 0.376 e. The third-order valence-corrected chi connectivity index (χ3v) is 4.56. The number of nitrogens with zero attached hydrogens (tertiary/aromatic N) is 1. The van der Waals surface area contributed by atoms with Crippen LogP contribution in [-0.2, 0) is 6.42 Å². The molecule has 0 bridgehead atoms. The molecule has 1 N–H and O–H groups in total. The fourth-order valence-corrected chi connectivity index (χ4v) is 3.64. The van der Waals surface area contributed by atoms with E-state index >= 15 is 0 Å². The summed E-state index contributed by atoms with van der Waals surface area (Å²) in [7, 11) is 0. The summed E-state index contributed by atoms with van der Waals surface area (Å²) in [6.07, 6.45) is 2.23. The SMILES string of the molecule is Cl.Clc1cc2c3c(c1)NC(c1ccccc1)CCN3CC2. The topological polar surface area (TPSA) is 15.3 Å². The quantitative estimate of drug-likeness (QED) is 0.820. The lowest BCUT2D eigenvalue weighted by Crippen LogP contribution is -2.21. The minimum atomic E-state index is 0. The van der Waals surface area contributed by atoms with Crippen LogP contribution in [0.2, 0.25) is 5.02 Å². The van der Waals surface area contributed by atoms with E-state index in [2.05, 4.69) is 52.7 Å². The standard InChI is InChI=1S/C17H17ClN2.ClH/c18-14-10-13-6-8-20-9-7-15(12-4-2-1-3-5-12)19-16(11-14)17(13)20;/h1-5,10-11,15,19H,6-9H2;1H. The van der Waals surface area contributed by atoms with Crippen LogP contribution in [0.4, 0.5) is 11.4 Å². The second kappa shape index (κ2) is 5.78. The summed E-state index contributed by atoms with van der Waals surface area (Å²) < 4.78 is 0. The van der Waals surface area contributed by atoms with Crippen molar-refractivity contribution >= 4 is 35.4 Å². The van der Waals surface area contributed by atoms with Gasteiger partial charge < -0.3 is 10.2 Å². The van der Waals surface area contributed by atoms with E-state index in [0.29, 0.717) is 6.04 Å². The molecule has 0 fully saturated rings. The Kier molecular flexibility index (Phi) is 4.01. The van der Waals surface area contributed by atoms with Gasteiger partial charge in [0.1, 0.15) is 0 Å². The van der Waals surface area contributed by atoms with Crippen LogP contribution in [0.1, 0.15) is 23.6 Å². The van der Waals surface area contributed by atoms with Gasteiger partial charge in [0.05, 0.1) is 17.4 Å². The van der Waals surface area contributed by atoms with Crippen LogP contribution in [0.5, 0.6) is 0 Å². The van der Waals surface area contributed by atoms with Gasteiger partial charge in [0.25, 0.3) is 0 Å². The number of halogens is 2. The van der Waals surface area contributed by atoms with Crippen LogP contribution in [-0.4, -0.2) is 13.1 Å². The summed E-state index contributed by atoms with van der Waals surface area (Å²) in [5.74, 6) is 0. The Labute approximate surface area is 136 Å². The van der Waals surface area contributed by atoms with Crippen molar-refractivity contribution in [2.45, 2.75) is 18.9 Å². The Morgan fingerprint density at radius 3 is 2.71 bits per heavy atom. The van der Waals surface area contributed by atoms with Crippen molar-refractivity contribution in [2.24, 2.45) is 0 Å². The maximum absolute atomic E-state index is 6.27. The van der Waals surface area contributed by atoms with Gasteiger partial charge in [-0.15, -0.1) is 12.4 Å². The maximum Gasteiger partial charge on any atom is 0.0636 e. The molecule has 0 radical (unpaired) electrons. The first-order chi connectivity index (χ1) is 9.81. The first-order valence-corrected chi connectivity index (χ1v) is 7.58. The van der Waals surface area contributed by atoms with E-state index in [1.165, 1.54) is 22.5 Å².